The molecule has 1 fully saturated rings. The van der Waals surface area contributed by atoms with Crippen LogP contribution in [0.3, 0.4) is 0 Å². The molecule has 0 aromatic heterocycles. The molecule has 0 aliphatic heterocycles. The number of aliphatic hydroxyl groups excluding tert-OH is 1. The smallest absolute Gasteiger partial charge is 0.0658 e. The number of benzene rings is 1. The third-order valence-electron chi connectivity index (χ3n) is 3.16. The van der Waals surface area contributed by atoms with Crippen molar-refractivity contribution in [2.75, 3.05) is 0 Å². The monoisotopic (exact) mass is 236 g/mol. The Kier molecular flexibility index (Phi) is 3.93. The second-order valence-electron chi connectivity index (χ2n) is 4.84. The van der Waals surface area contributed by atoms with Crippen LogP contribution >= 0.6 is 11.8 Å². The highest BCUT2D eigenvalue weighted by atomic mass is 32.2. The summed E-state index contributed by atoms with van der Waals surface area (Å²) in [5.74, 6) is 1.03. The summed E-state index contributed by atoms with van der Waals surface area (Å²) in [6.45, 7) is 4.29. The largest absolute Gasteiger partial charge is 0.392 e. The average molecular weight is 236 g/mol. The number of hydrogen-bond donors (Lipinski definition) is 1. The van der Waals surface area contributed by atoms with Crippen molar-refractivity contribution in [2.45, 2.75) is 50.2 Å². The molecule has 2 heteroatoms. The van der Waals surface area contributed by atoms with Gasteiger partial charge in [0.1, 0.15) is 0 Å². The van der Waals surface area contributed by atoms with Crippen LogP contribution in [0.2, 0.25) is 0 Å². The Morgan fingerprint density at radius 3 is 2.44 bits per heavy atom. The fourth-order valence-electron chi connectivity index (χ4n) is 2.46. The van der Waals surface area contributed by atoms with E-state index in [9.17, 15) is 5.11 Å². The molecule has 16 heavy (non-hydrogen) atoms. The van der Waals surface area contributed by atoms with Crippen LogP contribution in [0.25, 0.3) is 0 Å². The first-order valence-corrected chi connectivity index (χ1v) is 7.07. The molecule has 1 N–H and O–H groups in total. The number of hydrogen-bond acceptors (Lipinski definition) is 2. The average Bonchev–Trinajstić information content (AvgIpc) is 2.59. The quantitative estimate of drug-likeness (QED) is 0.867. The molecule has 0 amide bonds. The van der Waals surface area contributed by atoms with Gasteiger partial charge in [0.2, 0.25) is 0 Å². The zero-order valence-corrected chi connectivity index (χ0v) is 10.9. The highest BCUT2D eigenvalue weighted by molar-refractivity contribution is 7.99. The predicted octanol–water partition coefficient (Wildman–Crippen LogP) is 3.45. The van der Waals surface area contributed by atoms with Gasteiger partial charge in [0.25, 0.3) is 0 Å². The van der Waals surface area contributed by atoms with Gasteiger partial charge in [-0.05, 0) is 38.7 Å². The lowest BCUT2D eigenvalue weighted by molar-refractivity contribution is 0.188. The van der Waals surface area contributed by atoms with Crippen molar-refractivity contribution < 1.29 is 5.11 Å². The summed E-state index contributed by atoms with van der Waals surface area (Å²) in [7, 11) is 0. The summed E-state index contributed by atoms with van der Waals surface area (Å²) < 4.78 is 0. The molecule has 1 aromatic carbocycles. The van der Waals surface area contributed by atoms with Gasteiger partial charge in [-0.1, -0.05) is 29.3 Å². The Labute approximate surface area is 102 Å². The van der Waals surface area contributed by atoms with Gasteiger partial charge in [-0.2, -0.15) is 11.8 Å². The first kappa shape index (κ1) is 12.0. The summed E-state index contributed by atoms with van der Waals surface area (Å²) in [5, 5.41) is 10.2. The molecule has 88 valence electrons. The van der Waals surface area contributed by atoms with Gasteiger partial charge in [0.05, 0.1) is 6.10 Å². The van der Waals surface area contributed by atoms with E-state index in [1.165, 1.54) is 29.5 Å². The van der Waals surface area contributed by atoms with E-state index in [1.807, 2.05) is 11.8 Å². The van der Waals surface area contributed by atoms with Crippen LogP contribution in [0.5, 0.6) is 0 Å². The third-order valence-corrected chi connectivity index (χ3v) is 4.64. The van der Waals surface area contributed by atoms with E-state index >= 15 is 0 Å². The maximum atomic E-state index is 9.76. The SMILES string of the molecule is Cc1cc(C)cc(CS[C@@H]2CCC[C@H]2O)c1. The van der Waals surface area contributed by atoms with Crippen LogP contribution in [0.15, 0.2) is 18.2 Å². The second-order valence-corrected chi connectivity index (χ2v) is 6.07. The maximum absolute atomic E-state index is 9.76. The molecule has 0 heterocycles. The van der Waals surface area contributed by atoms with Crippen LogP contribution in [-0.2, 0) is 5.75 Å². The molecule has 1 aliphatic rings. The van der Waals surface area contributed by atoms with E-state index in [0.717, 1.165) is 12.2 Å². The lowest BCUT2D eigenvalue weighted by Gasteiger charge is -2.14. The van der Waals surface area contributed by atoms with Gasteiger partial charge in [-0.3, -0.25) is 0 Å². The van der Waals surface area contributed by atoms with Gasteiger partial charge < -0.3 is 5.11 Å². The standard InChI is InChI=1S/C14H20OS/c1-10-6-11(2)8-12(7-10)9-16-14-5-3-4-13(14)15/h6-8,13-15H,3-5,9H2,1-2H3/t13-,14-/m1/s1. The molecule has 1 aromatic rings. The maximum Gasteiger partial charge on any atom is 0.0658 e. The van der Waals surface area contributed by atoms with Crippen molar-refractivity contribution in [3.05, 3.63) is 34.9 Å². The molecule has 2 rings (SSSR count). The fraction of sp³-hybridized carbons (Fsp3) is 0.571. The molecule has 2 atom stereocenters. The zero-order chi connectivity index (χ0) is 11.5. The Hall–Kier alpha value is -0.470. The first-order valence-electron chi connectivity index (χ1n) is 6.02. The van der Waals surface area contributed by atoms with E-state index in [4.69, 9.17) is 0 Å². The minimum absolute atomic E-state index is 0.0732. The Balaban J connectivity index is 1.94. The molecule has 0 unspecified atom stereocenters. The van der Waals surface area contributed by atoms with Gasteiger partial charge in [-0.15, -0.1) is 0 Å². The summed E-state index contributed by atoms with van der Waals surface area (Å²) in [5.41, 5.74) is 4.06. The molecule has 1 nitrogen and oxygen atoms in total. The lowest BCUT2D eigenvalue weighted by Crippen LogP contribution is -2.15. The predicted molar refractivity (Wildman–Crippen MR) is 70.9 cm³/mol. The normalized spacial score (nSPS) is 24.9. The van der Waals surface area contributed by atoms with Gasteiger partial charge in [0.15, 0.2) is 0 Å². The van der Waals surface area contributed by atoms with Gasteiger partial charge in [0, 0.05) is 11.0 Å². The summed E-state index contributed by atoms with van der Waals surface area (Å²) in [6, 6.07) is 6.71. The summed E-state index contributed by atoms with van der Waals surface area (Å²) >= 11 is 1.91. The van der Waals surface area contributed by atoms with Crippen molar-refractivity contribution in [2.24, 2.45) is 0 Å². The van der Waals surface area contributed by atoms with Crippen LogP contribution < -0.4 is 0 Å². The minimum Gasteiger partial charge on any atom is -0.392 e. The molecule has 0 saturated heterocycles. The molecular weight excluding hydrogens is 216 g/mol. The third kappa shape index (κ3) is 3.02. The van der Waals surface area contributed by atoms with Gasteiger partial charge >= 0.3 is 0 Å². The van der Waals surface area contributed by atoms with E-state index in [1.54, 1.807) is 0 Å². The lowest BCUT2D eigenvalue weighted by atomic mass is 10.1. The van der Waals surface area contributed by atoms with Crippen molar-refractivity contribution in [1.82, 2.24) is 0 Å². The Bertz CT molecular complexity index is 342. The zero-order valence-electron chi connectivity index (χ0n) is 10.1. The van der Waals surface area contributed by atoms with Crippen molar-refractivity contribution in [1.29, 1.82) is 0 Å². The highest BCUT2D eigenvalue weighted by Crippen LogP contribution is 2.32. The van der Waals surface area contributed by atoms with Crippen LogP contribution in [0.4, 0.5) is 0 Å². The second kappa shape index (κ2) is 5.24. The minimum atomic E-state index is -0.0732. The Morgan fingerprint density at radius 2 is 1.88 bits per heavy atom. The van der Waals surface area contributed by atoms with Gasteiger partial charge in [-0.25, -0.2) is 0 Å². The van der Waals surface area contributed by atoms with Crippen LogP contribution in [-0.4, -0.2) is 16.5 Å². The fourth-order valence-corrected chi connectivity index (χ4v) is 3.72. The van der Waals surface area contributed by atoms with Crippen LogP contribution in [0, 0.1) is 13.8 Å². The molecule has 1 saturated carbocycles. The van der Waals surface area contributed by atoms with Crippen LogP contribution in [0.1, 0.15) is 36.0 Å². The summed E-state index contributed by atoms with van der Waals surface area (Å²) in [4.78, 5) is 0. The molecule has 0 radical (unpaired) electrons. The summed E-state index contributed by atoms with van der Waals surface area (Å²) in [6.07, 6.45) is 3.28. The Morgan fingerprint density at radius 1 is 1.19 bits per heavy atom. The van der Waals surface area contributed by atoms with Crippen molar-refractivity contribution >= 4 is 11.8 Å². The molecule has 0 bridgehead atoms. The van der Waals surface area contributed by atoms with E-state index in [0.29, 0.717) is 5.25 Å². The number of thioether (sulfide) groups is 1. The van der Waals surface area contributed by atoms with E-state index in [-0.39, 0.29) is 6.10 Å². The number of aliphatic hydroxyl groups is 1. The molecule has 0 spiro atoms. The number of rotatable bonds is 3. The molecular formula is C14H20OS. The van der Waals surface area contributed by atoms with Crippen molar-refractivity contribution in [3.63, 3.8) is 0 Å². The van der Waals surface area contributed by atoms with Crippen molar-refractivity contribution in [3.8, 4) is 0 Å². The highest BCUT2D eigenvalue weighted by Gasteiger charge is 2.25. The van der Waals surface area contributed by atoms with E-state index < -0.39 is 0 Å². The topological polar surface area (TPSA) is 20.2 Å². The first-order chi connectivity index (χ1) is 7.65. The number of aryl methyl sites for hydroxylation is 2. The molecule has 1 aliphatic carbocycles. The van der Waals surface area contributed by atoms with E-state index in [2.05, 4.69) is 32.0 Å².